The van der Waals surface area contributed by atoms with Crippen molar-refractivity contribution in [3.63, 3.8) is 0 Å². The van der Waals surface area contributed by atoms with Gasteiger partial charge >= 0.3 is 5.97 Å². The zero-order valence-corrected chi connectivity index (χ0v) is 21.5. The van der Waals surface area contributed by atoms with Gasteiger partial charge in [0.2, 0.25) is 11.9 Å². The van der Waals surface area contributed by atoms with E-state index in [0.717, 1.165) is 48.4 Å². The van der Waals surface area contributed by atoms with Crippen molar-refractivity contribution in [2.45, 2.75) is 31.6 Å². The maximum Gasteiger partial charge on any atom is 0.304 e. The lowest BCUT2D eigenvalue weighted by molar-refractivity contribution is -0.137. The molecule has 39 heavy (non-hydrogen) atoms. The number of imidazole rings is 1. The number of fused-ring (bicyclic) bond motifs is 3. The number of aliphatic carboxylic acids is 1. The predicted molar refractivity (Wildman–Crippen MR) is 150 cm³/mol. The number of nitrogens with zero attached hydrogens (tertiary/aromatic N) is 2. The predicted octanol–water partition coefficient (Wildman–Crippen LogP) is 4.53. The average molecular weight is 526 g/mol. The lowest BCUT2D eigenvalue weighted by atomic mass is 9.86. The van der Waals surface area contributed by atoms with Crippen LogP contribution in [0, 0.1) is 0 Å². The highest BCUT2D eigenvalue weighted by Gasteiger charge is 2.34. The number of benzene rings is 3. The van der Waals surface area contributed by atoms with Gasteiger partial charge in [-0.1, -0.05) is 48.5 Å². The van der Waals surface area contributed by atoms with Gasteiger partial charge in [0, 0.05) is 30.3 Å². The molecule has 0 fully saturated rings. The van der Waals surface area contributed by atoms with Crippen LogP contribution in [0.25, 0.3) is 11.0 Å². The molecule has 1 unspecified atom stereocenters. The van der Waals surface area contributed by atoms with E-state index in [1.807, 2.05) is 36.4 Å². The van der Waals surface area contributed by atoms with Crippen molar-refractivity contribution in [2.75, 3.05) is 29.9 Å². The van der Waals surface area contributed by atoms with E-state index in [9.17, 15) is 19.5 Å². The number of carboxylic acid groups (broad SMARTS) is 1. The van der Waals surface area contributed by atoms with E-state index in [0.29, 0.717) is 23.4 Å². The van der Waals surface area contributed by atoms with Crippen LogP contribution in [-0.4, -0.2) is 52.5 Å². The Kier molecular flexibility index (Phi) is 7.86. The minimum atomic E-state index is -0.948. The Morgan fingerprint density at radius 1 is 0.897 bits per heavy atom. The van der Waals surface area contributed by atoms with Crippen LogP contribution in [0.5, 0.6) is 0 Å². The lowest BCUT2D eigenvalue weighted by Crippen LogP contribution is -2.41. The topological polar surface area (TPSA) is 127 Å². The van der Waals surface area contributed by atoms with Crippen molar-refractivity contribution in [3.05, 3.63) is 89.5 Å². The molecule has 0 saturated carbocycles. The summed E-state index contributed by atoms with van der Waals surface area (Å²) in [6, 6.07) is 22.2. The molecule has 9 nitrogen and oxygen atoms in total. The maximum atomic E-state index is 13.6. The summed E-state index contributed by atoms with van der Waals surface area (Å²) in [4.78, 5) is 47.4. The number of carboxylic acids is 1. The molecule has 5 rings (SSSR count). The first kappa shape index (κ1) is 26.0. The number of aromatic amines is 1. The van der Waals surface area contributed by atoms with E-state index in [4.69, 9.17) is 0 Å². The molecule has 0 saturated heterocycles. The van der Waals surface area contributed by atoms with Crippen LogP contribution in [0.4, 0.5) is 11.6 Å². The molecule has 0 radical (unpaired) electrons. The standard InChI is InChI=1S/C30H31N5O4/c36-27(31-16-8-1-9-17-32-30-33-24-13-5-6-14-25(24)34-30)19-35-26-15-7-4-11-21(26)23(18-28(37)38)20-10-2-3-12-22(20)29(35)39/h2-7,10-15,23H,1,8-9,16-19H2,(H,31,36)(H,37,38)(H2,32,33,34). The first-order valence-electron chi connectivity index (χ1n) is 13.2. The van der Waals surface area contributed by atoms with Crippen LogP contribution in [0.1, 0.15) is 53.1 Å². The molecular weight excluding hydrogens is 494 g/mol. The first-order valence-corrected chi connectivity index (χ1v) is 13.2. The Morgan fingerprint density at radius 2 is 1.62 bits per heavy atom. The summed E-state index contributed by atoms with van der Waals surface area (Å²) in [5.74, 6) is -1.25. The van der Waals surface area contributed by atoms with Gasteiger partial charge in [0.05, 0.1) is 17.5 Å². The number of H-pyrrole nitrogens is 1. The Hall–Kier alpha value is -4.66. The molecule has 2 amide bonds. The van der Waals surface area contributed by atoms with E-state index in [-0.39, 0.29) is 24.8 Å². The summed E-state index contributed by atoms with van der Waals surface area (Å²) in [5, 5.41) is 15.8. The highest BCUT2D eigenvalue weighted by Crippen LogP contribution is 2.40. The van der Waals surface area contributed by atoms with E-state index in [1.165, 1.54) is 4.90 Å². The molecular formula is C30H31N5O4. The summed E-state index contributed by atoms with van der Waals surface area (Å²) in [7, 11) is 0. The average Bonchev–Trinajstić information content (AvgIpc) is 3.33. The van der Waals surface area contributed by atoms with Gasteiger partial charge in [-0.15, -0.1) is 0 Å². The van der Waals surface area contributed by atoms with Crippen LogP contribution in [-0.2, 0) is 9.59 Å². The van der Waals surface area contributed by atoms with Crippen molar-refractivity contribution in [2.24, 2.45) is 0 Å². The molecule has 200 valence electrons. The SMILES string of the molecule is O=C(O)CC1c2ccccc2C(=O)N(CC(=O)NCCCCCNc2nc3ccccc3[nH]2)c2ccccc21. The van der Waals surface area contributed by atoms with E-state index in [1.54, 1.807) is 36.4 Å². The first-order chi connectivity index (χ1) is 19.0. The Balaban J connectivity index is 1.16. The molecule has 4 aromatic rings. The molecule has 0 aliphatic carbocycles. The Morgan fingerprint density at radius 3 is 2.44 bits per heavy atom. The summed E-state index contributed by atoms with van der Waals surface area (Å²) in [6.45, 7) is 1.13. The summed E-state index contributed by atoms with van der Waals surface area (Å²) in [6.07, 6.45) is 2.50. The number of hydrogen-bond donors (Lipinski definition) is 4. The fourth-order valence-electron chi connectivity index (χ4n) is 5.09. The monoisotopic (exact) mass is 525 g/mol. The van der Waals surface area contributed by atoms with E-state index < -0.39 is 11.9 Å². The molecule has 1 aliphatic heterocycles. The third-order valence-electron chi connectivity index (χ3n) is 6.95. The quantitative estimate of drug-likeness (QED) is 0.213. The largest absolute Gasteiger partial charge is 0.481 e. The van der Waals surface area contributed by atoms with Gasteiger partial charge < -0.3 is 20.7 Å². The summed E-state index contributed by atoms with van der Waals surface area (Å²) in [5.41, 5.74) is 4.30. The molecule has 4 N–H and O–H groups in total. The number of rotatable bonds is 11. The molecule has 0 spiro atoms. The molecule has 1 atom stereocenters. The smallest absolute Gasteiger partial charge is 0.304 e. The number of hydrogen-bond acceptors (Lipinski definition) is 5. The number of para-hydroxylation sites is 3. The minimum Gasteiger partial charge on any atom is -0.481 e. The van der Waals surface area contributed by atoms with Crippen LogP contribution < -0.4 is 15.5 Å². The molecule has 9 heteroatoms. The van der Waals surface area contributed by atoms with Gasteiger partial charge in [0.1, 0.15) is 6.54 Å². The van der Waals surface area contributed by atoms with Gasteiger partial charge in [-0.25, -0.2) is 4.98 Å². The van der Waals surface area contributed by atoms with Gasteiger partial charge in [0.15, 0.2) is 0 Å². The Bertz CT molecular complexity index is 1460. The number of anilines is 2. The lowest BCUT2D eigenvalue weighted by Gasteiger charge is -2.23. The van der Waals surface area contributed by atoms with Crippen molar-refractivity contribution in [1.29, 1.82) is 0 Å². The second-order valence-electron chi connectivity index (χ2n) is 9.63. The second kappa shape index (κ2) is 11.8. The summed E-state index contributed by atoms with van der Waals surface area (Å²) >= 11 is 0. The van der Waals surface area contributed by atoms with Crippen LogP contribution in [0.2, 0.25) is 0 Å². The van der Waals surface area contributed by atoms with Crippen LogP contribution in [0.15, 0.2) is 72.8 Å². The van der Waals surface area contributed by atoms with Crippen molar-refractivity contribution in [3.8, 4) is 0 Å². The number of nitrogens with one attached hydrogen (secondary N) is 3. The highest BCUT2D eigenvalue weighted by molar-refractivity contribution is 6.11. The Labute approximate surface area is 226 Å². The van der Waals surface area contributed by atoms with E-state index in [2.05, 4.69) is 20.6 Å². The van der Waals surface area contributed by atoms with Crippen molar-refractivity contribution in [1.82, 2.24) is 15.3 Å². The van der Waals surface area contributed by atoms with Gasteiger partial charge in [-0.3, -0.25) is 19.3 Å². The molecule has 2 heterocycles. The fourth-order valence-corrected chi connectivity index (χ4v) is 5.09. The fraction of sp³-hybridized carbons (Fsp3) is 0.267. The van der Waals surface area contributed by atoms with Crippen LogP contribution >= 0.6 is 0 Å². The highest BCUT2D eigenvalue weighted by atomic mass is 16.4. The van der Waals surface area contributed by atoms with Gasteiger partial charge in [-0.2, -0.15) is 0 Å². The molecule has 0 bridgehead atoms. The number of unbranched alkanes of at least 4 members (excludes halogenated alkanes) is 2. The third-order valence-corrected chi connectivity index (χ3v) is 6.95. The van der Waals surface area contributed by atoms with Gasteiger partial charge in [0.25, 0.3) is 5.91 Å². The van der Waals surface area contributed by atoms with Gasteiger partial charge in [-0.05, 0) is 54.7 Å². The molecule has 1 aliphatic rings. The maximum absolute atomic E-state index is 13.6. The van der Waals surface area contributed by atoms with Crippen molar-refractivity contribution >= 4 is 40.5 Å². The number of amides is 2. The second-order valence-corrected chi connectivity index (χ2v) is 9.63. The van der Waals surface area contributed by atoms with Crippen molar-refractivity contribution < 1.29 is 19.5 Å². The number of carbonyl (C=O) groups excluding carboxylic acids is 2. The summed E-state index contributed by atoms with van der Waals surface area (Å²) < 4.78 is 0. The zero-order valence-electron chi connectivity index (χ0n) is 21.5. The van der Waals surface area contributed by atoms with E-state index >= 15 is 0 Å². The number of carbonyl (C=O) groups is 3. The normalized spacial score (nSPS) is 14.4. The zero-order chi connectivity index (χ0) is 27.2. The molecule has 1 aromatic heterocycles. The van der Waals surface area contributed by atoms with Crippen LogP contribution in [0.3, 0.4) is 0 Å². The minimum absolute atomic E-state index is 0.141. The molecule has 3 aromatic carbocycles. The number of aromatic nitrogens is 2. The third kappa shape index (κ3) is 5.93.